The van der Waals surface area contributed by atoms with Crippen molar-refractivity contribution in [3.63, 3.8) is 0 Å². The number of ether oxygens (including phenoxy) is 1. The van der Waals surface area contributed by atoms with Gasteiger partial charge in [0.05, 0.1) is 6.61 Å². The number of rotatable bonds is 8. The van der Waals surface area contributed by atoms with Crippen LogP contribution in [0.4, 0.5) is 4.79 Å². The number of hydrogen-bond acceptors (Lipinski definition) is 3. The topological polar surface area (TPSA) is 78.9 Å². The molecule has 2 amide bonds. The standard InChI is InChI=1S/C12H24N2O4/c1-5-12(3,6-2)13-11(17)14(7-8-18-4)9-10(15)16/h5-9H2,1-4H3,(H,13,17)(H,15,16). The molecule has 0 atom stereocenters. The van der Waals surface area contributed by atoms with E-state index in [1.807, 2.05) is 20.8 Å². The van der Waals surface area contributed by atoms with E-state index >= 15 is 0 Å². The number of aliphatic carboxylic acids is 1. The Bertz CT molecular complexity index is 277. The van der Waals surface area contributed by atoms with Crippen molar-refractivity contribution in [1.29, 1.82) is 0 Å². The molecule has 0 aromatic rings. The van der Waals surface area contributed by atoms with Gasteiger partial charge in [0.1, 0.15) is 6.54 Å². The second-order valence-electron chi connectivity index (χ2n) is 4.51. The molecule has 6 nitrogen and oxygen atoms in total. The zero-order chi connectivity index (χ0) is 14.2. The van der Waals surface area contributed by atoms with Crippen molar-refractivity contribution in [1.82, 2.24) is 10.2 Å². The number of methoxy groups -OCH3 is 1. The Morgan fingerprint density at radius 3 is 2.28 bits per heavy atom. The Hall–Kier alpha value is -1.30. The van der Waals surface area contributed by atoms with Gasteiger partial charge in [0, 0.05) is 19.2 Å². The molecule has 0 saturated carbocycles. The maximum absolute atomic E-state index is 12.0. The largest absolute Gasteiger partial charge is 0.480 e. The molecule has 0 unspecified atom stereocenters. The smallest absolute Gasteiger partial charge is 0.323 e. The summed E-state index contributed by atoms with van der Waals surface area (Å²) in [7, 11) is 1.51. The predicted molar refractivity (Wildman–Crippen MR) is 68.6 cm³/mol. The third-order valence-electron chi connectivity index (χ3n) is 3.15. The summed E-state index contributed by atoms with van der Waals surface area (Å²) in [6.45, 7) is 6.17. The molecule has 0 fully saturated rings. The molecule has 0 rings (SSSR count). The van der Waals surface area contributed by atoms with E-state index in [2.05, 4.69) is 5.32 Å². The Morgan fingerprint density at radius 1 is 1.33 bits per heavy atom. The van der Waals surface area contributed by atoms with Crippen molar-refractivity contribution in [2.45, 2.75) is 39.2 Å². The van der Waals surface area contributed by atoms with Crippen molar-refractivity contribution < 1.29 is 19.4 Å². The van der Waals surface area contributed by atoms with Crippen LogP contribution in [0.15, 0.2) is 0 Å². The van der Waals surface area contributed by atoms with E-state index in [0.29, 0.717) is 6.61 Å². The molecule has 2 N–H and O–H groups in total. The zero-order valence-electron chi connectivity index (χ0n) is 11.7. The van der Waals surface area contributed by atoms with Gasteiger partial charge in [-0.3, -0.25) is 4.79 Å². The van der Waals surface area contributed by atoms with Crippen LogP contribution in [0.25, 0.3) is 0 Å². The van der Waals surface area contributed by atoms with Gasteiger partial charge in [-0.05, 0) is 19.8 Å². The van der Waals surface area contributed by atoms with Crippen LogP contribution in [0.1, 0.15) is 33.6 Å². The molecular formula is C12H24N2O4. The summed E-state index contributed by atoms with van der Waals surface area (Å²) in [6.07, 6.45) is 1.58. The maximum Gasteiger partial charge on any atom is 0.323 e. The molecule has 0 radical (unpaired) electrons. The van der Waals surface area contributed by atoms with Crippen LogP contribution in [0.3, 0.4) is 0 Å². The second-order valence-corrected chi connectivity index (χ2v) is 4.51. The van der Waals surface area contributed by atoms with Crippen molar-refractivity contribution in [2.75, 3.05) is 26.8 Å². The van der Waals surface area contributed by atoms with Crippen LogP contribution >= 0.6 is 0 Å². The van der Waals surface area contributed by atoms with Gasteiger partial charge in [-0.25, -0.2) is 4.79 Å². The van der Waals surface area contributed by atoms with Gasteiger partial charge in [-0.1, -0.05) is 13.8 Å². The van der Waals surface area contributed by atoms with E-state index in [1.165, 1.54) is 12.0 Å². The number of carbonyl (C=O) groups is 2. The normalized spacial score (nSPS) is 11.1. The molecule has 106 valence electrons. The Morgan fingerprint density at radius 2 is 1.89 bits per heavy atom. The van der Waals surface area contributed by atoms with E-state index in [-0.39, 0.29) is 24.7 Å². The Balaban J connectivity index is 4.58. The number of urea groups is 1. The van der Waals surface area contributed by atoms with Crippen LogP contribution < -0.4 is 5.32 Å². The number of nitrogens with zero attached hydrogens (tertiary/aromatic N) is 1. The molecule has 0 aliphatic carbocycles. The highest BCUT2D eigenvalue weighted by atomic mass is 16.5. The van der Waals surface area contributed by atoms with Crippen molar-refractivity contribution in [2.24, 2.45) is 0 Å². The van der Waals surface area contributed by atoms with Gasteiger partial charge in [0.15, 0.2) is 0 Å². The summed E-state index contributed by atoms with van der Waals surface area (Å²) in [5.41, 5.74) is -0.305. The third kappa shape index (κ3) is 5.86. The molecule has 0 bridgehead atoms. The van der Waals surface area contributed by atoms with Gasteiger partial charge < -0.3 is 20.1 Å². The van der Waals surface area contributed by atoms with E-state index in [9.17, 15) is 9.59 Å². The summed E-state index contributed by atoms with van der Waals surface area (Å²) >= 11 is 0. The van der Waals surface area contributed by atoms with Gasteiger partial charge in [-0.2, -0.15) is 0 Å². The van der Waals surface area contributed by atoms with Gasteiger partial charge in [0.25, 0.3) is 0 Å². The first-order valence-electron chi connectivity index (χ1n) is 6.16. The molecule has 0 aromatic heterocycles. The van der Waals surface area contributed by atoms with Gasteiger partial charge >= 0.3 is 12.0 Å². The molecule has 0 saturated heterocycles. The minimum absolute atomic E-state index is 0.262. The summed E-state index contributed by atoms with van der Waals surface area (Å²) in [5.74, 6) is -1.03. The van der Waals surface area contributed by atoms with E-state index < -0.39 is 5.97 Å². The molecule has 0 aliphatic rings. The van der Waals surface area contributed by atoms with Crippen LogP contribution in [0.2, 0.25) is 0 Å². The molecule has 18 heavy (non-hydrogen) atoms. The fraction of sp³-hybridized carbons (Fsp3) is 0.833. The second kappa shape index (κ2) is 7.92. The quantitative estimate of drug-likeness (QED) is 0.689. The zero-order valence-corrected chi connectivity index (χ0v) is 11.7. The maximum atomic E-state index is 12.0. The Labute approximate surface area is 108 Å². The summed E-state index contributed by atoms with van der Waals surface area (Å²) in [5, 5.41) is 11.7. The first kappa shape index (κ1) is 16.7. The monoisotopic (exact) mass is 260 g/mol. The van der Waals surface area contributed by atoms with Gasteiger partial charge in [0.2, 0.25) is 0 Å². The number of carbonyl (C=O) groups excluding carboxylic acids is 1. The van der Waals surface area contributed by atoms with Crippen LogP contribution in [0.5, 0.6) is 0 Å². The van der Waals surface area contributed by atoms with E-state index in [1.54, 1.807) is 0 Å². The fourth-order valence-electron chi connectivity index (χ4n) is 1.38. The first-order chi connectivity index (χ1) is 8.38. The van der Waals surface area contributed by atoms with Crippen LogP contribution in [-0.4, -0.2) is 54.4 Å². The SMILES string of the molecule is CCC(C)(CC)NC(=O)N(CCOC)CC(=O)O. The predicted octanol–water partition coefficient (Wildman–Crippen LogP) is 1.31. The lowest BCUT2D eigenvalue weighted by molar-refractivity contribution is -0.137. The van der Waals surface area contributed by atoms with Crippen LogP contribution in [-0.2, 0) is 9.53 Å². The molecule has 0 aromatic carbocycles. The van der Waals surface area contributed by atoms with E-state index in [0.717, 1.165) is 12.8 Å². The molecule has 6 heteroatoms. The van der Waals surface area contributed by atoms with E-state index in [4.69, 9.17) is 9.84 Å². The molecule has 0 heterocycles. The number of nitrogens with one attached hydrogen (secondary N) is 1. The lowest BCUT2D eigenvalue weighted by Crippen LogP contribution is -2.52. The number of amides is 2. The number of carboxylic acids is 1. The third-order valence-corrected chi connectivity index (χ3v) is 3.15. The van der Waals surface area contributed by atoms with Crippen LogP contribution in [0, 0.1) is 0 Å². The lowest BCUT2D eigenvalue weighted by atomic mass is 9.96. The highest BCUT2D eigenvalue weighted by Crippen LogP contribution is 2.14. The average molecular weight is 260 g/mol. The highest BCUT2D eigenvalue weighted by Gasteiger charge is 2.25. The summed E-state index contributed by atoms with van der Waals surface area (Å²) in [4.78, 5) is 24.0. The minimum atomic E-state index is -1.03. The van der Waals surface area contributed by atoms with Gasteiger partial charge in [-0.15, -0.1) is 0 Å². The summed E-state index contributed by atoms with van der Waals surface area (Å²) in [6, 6.07) is -0.361. The number of carboxylic acid groups (broad SMARTS) is 1. The molecule has 0 spiro atoms. The van der Waals surface area contributed by atoms with Crippen molar-refractivity contribution in [3.8, 4) is 0 Å². The lowest BCUT2D eigenvalue weighted by Gasteiger charge is -2.31. The first-order valence-corrected chi connectivity index (χ1v) is 6.16. The number of hydrogen-bond donors (Lipinski definition) is 2. The average Bonchev–Trinajstić information content (AvgIpc) is 2.33. The minimum Gasteiger partial charge on any atom is -0.480 e. The molecular weight excluding hydrogens is 236 g/mol. The fourth-order valence-corrected chi connectivity index (χ4v) is 1.38. The van der Waals surface area contributed by atoms with Crippen molar-refractivity contribution >= 4 is 12.0 Å². The Kier molecular flexibility index (Phi) is 7.35. The highest BCUT2D eigenvalue weighted by molar-refractivity contribution is 5.80. The van der Waals surface area contributed by atoms with Crippen molar-refractivity contribution in [3.05, 3.63) is 0 Å². The summed E-state index contributed by atoms with van der Waals surface area (Å²) < 4.78 is 4.87. The molecule has 0 aliphatic heterocycles.